The maximum absolute atomic E-state index is 14.4. The van der Waals surface area contributed by atoms with Gasteiger partial charge in [-0.1, -0.05) is 37.6 Å². The molecule has 1 atom stereocenters. The molecule has 244 valence electrons. The number of nitrogens with one attached hydrogen (secondary N) is 1. The Morgan fingerprint density at radius 3 is 2.07 bits per heavy atom. The molecule has 0 saturated heterocycles. The number of methoxy groups -OCH3 is 4. The number of rotatable bonds is 16. The van der Waals surface area contributed by atoms with Crippen LogP contribution in [0.5, 0.6) is 23.0 Å². The molecular weight excluding hydrogens is 622 g/mol. The molecule has 0 fully saturated rings. The summed E-state index contributed by atoms with van der Waals surface area (Å²) >= 11 is 6.09. The van der Waals surface area contributed by atoms with Crippen LogP contribution in [0.3, 0.4) is 0 Å². The molecule has 13 heteroatoms. The number of halogens is 1. The van der Waals surface area contributed by atoms with E-state index in [1.54, 1.807) is 43.3 Å². The summed E-state index contributed by atoms with van der Waals surface area (Å²) in [5.74, 6) is 0.0904. The van der Waals surface area contributed by atoms with Crippen LogP contribution in [0.4, 0.5) is 5.69 Å². The molecule has 0 aliphatic rings. The summed E-state index contributed by atoms with van der Waals surface area (Å²) in [7, 11) is 1.22. The Morgan fingerprint density at radius 2 is 1.49 bits per heavy atom. The van der Waals surface area contributed by atoms with Gasteiger partial charge in [0.2, 0.25) is 11.8 Å². The molecule has 11 nitrogen and oxygen atoms in total. The highest BCUT2D eigenvalue weighted by molar-refractivity contribution is 7.92. The minimum Gasteiger partial charge on any atom is -0.497 e. The van der Waals surface area contributed by atoms with Crippen LogP contribution in [0.2, 0.25) is 5.02 Å². The van der Waals surface area contributed by atoms with Gasteiger partial charge >= 0.3 is 0 Å². The zero-order chi connectivity index (χ0) is 33.1. The quantitative estimate of drug-likeness (QED) is 0.230. The standard InChI is InChI=1S/C32H40ClN3O8S/c1-7-17-34-32(38)26(8-2)35(20-22-9-11-23(33)12-10-22)31(37)21-36(27-18-24(41-3)13-15-28(27)42-4)45(39,40)25-14-16-29(43-5)30(19-25)44-6/h9-16,18-19,26H,7-8,17,20-21H2,1-6H3,(H,34,38). The number of carbonyl (C=O) groups is 2. The van der Waals surface area contributed by atoms with Crippen LogP contribution in [0, 0.1) is 0 Å². The predicted octanol–water partition coefficient (Wildman–Crippen LogP) is 4.90. The van der Waals surface area contributed by atoms with Gasteiger partial charge in [0.25, 0.3) is 10.0 Å². The second kappa shape index (κ2) is 16.2. The van der Waals surface area contributed by atoms with Crippen molar-refractivity contribution in [1.82, 2.24) is 10.2 Å². The topological polar surface area (TPSA) is 124 Å². The molecule has 0 bridgehead atoms. The lowest BCUT2D eigenvalue weighted by molar-refractivity contribution is -0.140. The summed E-state index contributed by atoms with van der Waals surface area (Å²) in [5, 5.41) is 3.38. The van der Waals surface area contributed by atoms with Crippen LogP contribution in [0.1, 0.15) is 32.3 Å². The van der Waals surface area contributed by atoms with E-state index in [1.165, 1.54) is 57.6 Å². The lowest BCUT2D eigenvalue weighted by Gasteiger charge is -2.33. The first kappa shape index (κ1) is 35.3. The van der Waals surface area contributed by atoms with Crippen molar-refractivity contribution < 1.29 is 37.0 Å². The molecule has 0 aliphatic heterocycles. The molecule has 0 spiro atoms. The number of amides is 2. The monoisotopic (exact) mass is 661 g/mol. The van der Waals surface area contributed by atoms with Gasteiger partial charge in [-0.3, -0.25) is 13.9 Å². The summed E-state index contributed by atoms with van der Waals surface area (Å²) in [6.45, 7) is 3.52. The maximum Gasteiger partial charge on any atom is 0.265 e. The largest absolute Gasteiger partial charge is 0.497 e. The lowest BCUT2D eigenvalue weighted by Crippen LogP contribution is -2.52. The van der Waals surface area contributed by atoms with Crippen LogP contribution < -0.4 is 28.6 Å². The Labute approximate surface area is 270 Å². The van der Waals surface area contributed by atoms with Crippen molar-refractivity contribution in [2.24, 2.45) is 0 Å². The smallest absolute Gasteiger partial charge is 0.265 e. The van der Waals surface area contributed by atoms with Crippen molar-refractivity contribution in [3.63, 3.8) is 0 Å². The van der Waals surface area contributed by atoms with Crippen molar-refractivity contribution in [3.8, 4) is 23.0 Å². The van der Waals surface area contributed by atoms with Crippen LogP contribution in [-0.4, -0.2) is 72.7 Å². The van der Waals surface area contributed by atoms with Gasteiger partial charge in [0.1, 0.15) is 24.1 Å². The third-order valence-corrected chi connectivity index (χ3v) is 9.09. The minimum atomic E-state index is -4.45. The highest BCUT2D eigenvalue weighted by Crippen LogP contribution is 2.38. The summed E-state index contributed by atoms with van der Waals surface area (Å²) in [6.07, 6.45) is 1.00. The molecule has 3 aromatic carbocycles. The minimum absolute atomic E-state index is 0.0353. The van der Waals surface area contributed by atoms with Gasteiger partial charge < -0.3 is 29.2 Å². The Hall–Kier alpha value is -4.16. The Morgan fingerprint density at radius 1 is 0.844 bits per heavy atom. The van der Waals surface area contributed by atoms with Crippen LogP contribution in [0.15, 0.2) is 65.6 Å². The number of carbonyl (C=O) groups excluding carboxylic acids is 2. The second-order valence-electron chi connectivity index (χ2n) is 9.93. The van der Waals surface area contributed by atoms with Gasteiger partial charge in [-0.2, -0.15) is 0 Å². The Kier molecular flexibility index (Phi) is 12.7. The van der Waals surface area contributed by atoms with E-state index in [-0.39, 0.29) is 34.5 Å². The fourth-order valence-corrected chi connectivity index (χ4v) is 6.24. The third kappa shape index (κ3) is 8.52. The molecular formula is C32H40ClN3O8S. The number of benzene rings is 3. The average molecular weight is 662 g/mol. The number of sulfonamides is 1. The van der Waals surface area contributed by atoms with Gasteiger partial charge in [0, 0.05) is 30.2 Å². The fraction of sp³-hybridized carbons (Fsp3) is 0.375. The first-order chi connectivity index (χ1) is 21.5. The van der Waals surface area contributed by atoms with Crippen molar-refractivity contribution in [2.75, 3.05) is 45.8 Å². The van der Waals surface area contributed by atoms with Crippen LogP contribution in [-0.2, 0) is 26.2 Å². The van der Waals surface area contributed by atoms with Gasteiger partial charge in [-0.15, -0.1) is 0 Å². The number of anilines is 1. The van der Waals surface area contributed by atoms with E-state index in [0.29, 0.717) is 41.5 Å². The number of hydrogen-bond donors (Lipinski definition) is 1. The molecule has 45 heavy (non-hydrogen) atoms. The first-order valence-electron chi connectivity index (χ1n) is 14.3. The Bertz CT molecular complexity index is 1570. The summed E-state index contributed by atoms with van der Waals surface area (Å²) in [4.78, 5) is 28.9. The lowest BCUT2D eigenvalue weighted by atomic mass is 10.1. The maximum atomic E-state index is 14.4. The van der Waals surface area contributed by atoms with Crippen LogP contribution in [0.25, 0.3) is 0 Å². The molecule has 1 N–H and O–H groups in total. The molecule has 0 heterocycles. The first-order valence-corrected chi connectivity index (χ1v) is 16.1. The van der Waals surface area contributed by atoms with Gasteiger partial charge in [-0.05, 0) is 54.8 Å². The van der Waals surface area contributed by atoms with E-state index >= 15 is 0 Å². The van der Waals surface area contributed by atoms with E-state index in [2.05, 4.69) is 5.32 Å². The molecule has 0 aromatic heterocycles. The summed E-state index contributed by atoms with van der Waals surface area (Å²) in [6, 6.07) is 14.8. The molecule has 3 rings (SSSR count). The number of hydrogen-bond acceptors (Lipinski definition) is 8. The fourth-order valence-electron chi connectivity index (χ4n) is 4.68. The van der Waals surface area contributed by atoms with E-state index in [0.717, 1.165) is 4.31 Å². The van der Waals surface area contributed by atoms with Crippen molar-refractivity contribution in [2.45, 2.75) is 44.2 Å². The van der Waals surface area contributed by atoms with E-state index in [1.807, 2.05) is 6.92 Å². The molecule has 0 radical (unpaired) electrons. The molecule has 0 saturated carbocycles. The SMILES string of the molecule is CCCNC(=O)C(CC)N(Cc1ccc(Cl)cc1)C(=O)CN(c1cc(OC)ccc1OC)S(=O)(=O)c1ccc(OC)c(OC)c1. The highest BCUT2D eigenvalue weighted by Gasteiger charge is 2.35. The summed E-state index contributed by atoms with van der Waals surface area (Å²) in [5.41, 5.74) is 0.776. The molecule has 1 unspecified atom stereocenters. The normalized spacial score (nSPS) is 11.7. The zero-order valence-corrected chi connectivity index (χ0v) is 27.9. The Balaban J connectivity index is 2.18. The number of nitrogens with zero attached hydrogens (tertiary/aromatic N) is 2. The predicted molar refractivity (Wildman–Crippen MR) is 173 cm³/mol. The van der Waals surface area contributed by atoms with E-state index in [4.69, 9.17) is 30.5 Å². The molecule has 2 amide bonds. The van der Waals surface area contributed by atoms with Crippen molar-refractivity contribution >= 4 is 39.1 Å². The highest BCUT2D eigenvalue weighted by atomic mass is 35.5. The molecule has 3 aromatic rings. The van der Waals surface area contributed by atoms with Gasteiger partial charge in [0.15, 0.2) is 11.5 Å². The summed E-state index contributed by atoms with van der Waals surface area (Å²) < 4.78 is 51.3. The van der Waals surface area contributed by atoms with E-state index < -0.39 is 28.5 Å². The van der Waals surface area contributed by atoms with Gasteiger partial charge in [0.05, 0.1) is 39.0 Å². The zero-order valence-electron chi connectivity index (χ0n) is 26.3. The van der Waals surface area contributed by atoms with Crippen LogP contribution >= 0.6 is 11.6 Å². The van der Waals surface area contributed by atoms with E-state index in [9.17, 15) is 18.0 Å². The molecule has 0 aliphatic carbocycles. The van der Waals surface area contributed by atoms with Crippen molar-refractivity contribution in [3.05, 3.63) is 71.2 Å². The van der Waals surface area contributed by atoms with Crippen molar-refractivity contribution in [1.29, 1.82) is 0 Å². The third-order valence-electron chi connectivity index (χ3n) is 7.08. The number of ether oxygens (including phenoxy) is 4. The average Bonchev–Trinajstić information content (AvgIpc) is 3.05. The second-order valence-corrected chi connectivity index (χ2v) is 12.2. The van der Waals surface area contributed by atoms with Gasteiger partial charge in [-0.25, -0.2) is 8.42 Å².